The van der Waals surface area contributed by atoms with Crippen LogP contribution in [0.5, 0.6) is 11.5 Å². The molecule has 1 aromatic rings. The number of phenolic OH excluding ortho intramolecular Hbond substituents is 2. The van der Waals surface area contributed by atoms with E-state index in [0.29, 0.717) is 5.69 Å². The van der Waals surface area contributed by atoms with Gasteiger partial charge in [-0.2, -0.15) is 0 Å². The van der Waals surface area contributed by atoms with E-state index >= 15 is 0 Å². The molecule has 0 saturated carbocycles. The van der Waals surface area contributed by atoms with Gasteiger partial charge in [-0.3, -0.25) is 4.79 Å². The number of hydrogen-bond donors (Lipinski definition) is 2. The van der Waals surface area contributed by atoms with Crippen molar-refractivity contribution in [2.24, 2.45) is 0 Å². The standard InChI is InChI=1S/C10H8Cl3NO3/c1-14-4-2-3-5(15)7(16)6(4)8(17)9(14)10(11,12)13/h2-3,9,15-16H,1H3. The maximum absolute atomic E-state index is 12.1. The van der Waals surface area contributed by atoms with Gasteiger partial charge in [-0.1, -0.05) is 34.8 Å². The van der Waals surface area contributed by atoms with Crippen LogP contribution in [-0.4, -0.2) is 32.9 Å². The molecule has 7 heteroatoms. The van der Waals surface area contributed by atoms with Gasteiger partial charge in [0.15, 0.2) is 17.3 Å². The minimum atomic E-state index is -1.81. The summed E-state index contributed by atoms with van der Waals surface area (Å²) in [7, 11) is 1.58. The number of carbonyl (C=O) groups excluding carboxylic acids is 1. The average Bonchev–Trinajstić information content (AvgIpc) is 2.44. The first-order valence-electron chi connectivity index (χ1n) is 4.64. The highest BCUT2D eigenvalue weighted by atomic mass is 35.6. The third kappa shape index (κ3) is 1.80. The van der Waals surface area contributed by atoms with E-state index in [4.69, 9.17) is 34.8 Å². The van der Waals surface area contributed by atoms with Crippen molar-refractivity contribution in [1.29, 1.82) is 0 Å². The quantitative estimate of drug-likeness (QED) is 0.570. The van der Waals surface area contributed by atoms with Crippen LogP contribution in [0.25, 0.3) is 0 Å². The third-order valence-corrected chi connectivity index (χ3v) is 3.33. The Morgan fingerprint density at radius 2 is 1.88 bits per heavy atom. The van der Waals surface area contributed by atoms with Gasteiger partial charge in [0.05, 0.1) is 11.3 Å². The molecule has 1 aliphatic heterocycles. The molecule has 1 atom stereocenters. The molecule has 0 radical (unpaired) electrons. The Labute approximate surface area is 112 Å². The SMILES string of the molecule is CN1c2ccc(O)c(O)c2C(=O)C1C(Cl)(Cl)Cl. The maximum atomic E-state index is 12.1. The zero-order valence-electron chi connectivity index (χ0n) is 8.62. The number of benzene rings is 1. The molecule has 17 heavy (non-hydrogen) atoms. The fraction of sp³-hybridized carbons (Fsp3) is 0.300. The lowest BCUT2D eigenvalue weighted by molar-refractivity contribution is 0.0971. The molecule has 0 aromatic heterocycles. The lowest BCUT2D eigenvalue weighted by Gasteiger charge is -2.26. The molecule has 1 heterocycles. The first kappa shape index (κ1) is 12.6. The number of halogens is 3. The first-order valence-corrected chi connectivity index (χ1v) is 5.77. The topological polar surface area (TPSA) is 60.8 Å². The monoisotopic (exact) mass is 295 g/mol. The normalized spacial score (nSPS) is 19.6. The number of aromatic hydroxyl groups is 2. The number of phenols is 2. The lowest BCUT2D eigenvalue weighted by Crippen LogP contribution is -2.42. The van der Waals surface area contributed by atoms with Gasteiger partial charge in [0.2, 0.25) is 3.79 Å². The van der Waals surface area contributed by atoms with Crippen molar-refractivity contribution in [3.63, 3.8) is 0 Å². The summed E-state index contributed by atoms with van der Waals surface area (Å²) in [4.78, 5) is 13.5. The summed E-state index contributed by atoms with van der Waals surface area (Å²) in [5, 5.41) is 19.0. The van der Waals surface area contributed by atoms with E-state index in [1.165, 1.54) is 17.0 Å². The number of likely N-dealkylation sites (N-methyl/N-ethyl adjacent to an activating group) is 1. The Hall–Kier alpha value is -0.840. The van der Waals surface area contributed by atoms with Gasteiger partial charge in [-0.05, 0) is 12.1 Å². The molecule has 0 aliphatic carbocycles. The van der Waals surface area contributed by atoms with E-state index in [2.05, 4.69) is 0 Å². The zero-order valence-corrected chi connectivity index (χ0v) is 10.9. The molecular weight excluding hydrogens is 288 g/mol. The van der Waals surface area contributed by atoms with Crippen LogP contribution < -0.4 is 4.90 Å². The summed E-state index contributed by atoms with van der Waals surface area (Å²) in [5.74, 6) is -1.40. The molecule has 2 N–H and O–H groups in total. The second-order valence-electron chi connectivity index (χ2n) is 3.75. The molecule has 0 saturated heterocycles. The molecule has 4 nitrogen and oxygen atoms in total. The maximum Gasteiger partial charge on any atom is 0.217 e. The Morgan fingerprint density at radius 1 is 1.29 bits per heavy atom. The van der Waals surface area contributed by atoms with Crippen LogP contribution in [0.15, 0.2) is 12.1 Å². The van der Waals surface area contributed by atoms with Crippen molar-refractivity contribution in [2.75, 3.05) is 11.9 Å². The highest BCUT2D eigenvalue weighted by Crippen LogP contribution is 2.47. The molecule has 1 aromatic carbocycles. The molecule has 0 fully saturated rings. The molecule has 0 amide bonds. The first-order chi connectivity index (χ1) is 7.75. The molecule has 0 spiro atoms. The largest absolute Gasteiger partial charge is 0.504 e. The van der Waals surface area contributed by atoms with Gasteiger partial charge in [0, 0.05) is 7.05 Å². The van der Waals surface area contributed by atoms with E-state index in [-0.39, 0.29) is 11.3 Å². The number of Topliss-reactive ketones (excluding diaryl/α,β-unsaturated/α-hetero) is 1. The number of carbonyl (C=O) groups is 1. The fourth-order valence-corrected chi connectivity index (χ4v) is 2.66. The molecular formula is C10H8Cl3NO3. The lowest BCUT2D eigenvalue weighted by atomic mass is 10.1. The van der Waals surface area contributed by atoms with Crippen molar-refractivity contribution in [2.45, 2.75) is 9.83 Å². The van der Waals surface area contributed by atoms with E-state index in [9.17, 15) is 15.0 Å². The van der Waals surface area contributed by atoms with Crippen LogP contribution in [0, 0.1) is 0 Å². The van der Waals surface area contributed by atoms with Crippen LogP contribution in [0.1, 0.15) is 10.4 Å². The van der Waals surface area contributed by atoms with Crippen molar-refractivity contribution in [1.82, 2.24) is 0 Å². The second kappa shape index (κ2) is 3.83. The highest BCUT2D eigenvalue weighted by Gasteiger charge is 2.48. The van der Waals surface area contributed by atoms with Crippen molar-refractivity contribution < 1.29 is 15.0 Å². The average molecular weight is 297 g/mol. The molecule has 92 valence electrons. The highest BCUT2D eigenvalue weighted by molar-refractivity contribution is 6.69. The summed E-state index contributed by atoms with van der Waals surface area (Å²) in [6.07, 6.45) is 0. The van der Waals surface area contributed by atoms with Crippen molar-refractivity contribution >= 4 is 46.3 Å². The number of ketones is 1. The van der Waals surface area contributed by atoms with E-state index in [1.54, 1.807) is 7.05 Å². The number of hydrogen-bond acceptors (Lipinski definition) is 4. The predicted molar refractivity (Wildman–Crippen MR) is 66.6 cm³/mol. The van der Waals surface area contributed by atoms with Gasteiger partial charge in [-0.25, -0.2) is 0 Å². The molecule has 2 rings (SSSR count). The minimum Gasteiger partial charge on any atom is -0.504 e. The molecule has 1 unspecified atom stereocenters. The number of nitrogens with zero attached hydrogens (tertiary/aromatic N) is 1. The fourth-order valence-electron chi connectivity index (χ4n) is 1.93. The van der Waals surface area contributed by atoms with Crippen LogP contribution in [-0.2, 0) is 0 Å². The number of rotatable bonds is 0. The van der Waals surface area contributed by atoms with Crippen molar-refractivity contribution in [3.8, 4) is 11.5 Å². The van der Waals surface area contributed by atoms with Gasteiger partial charge in [0.1, 0.15) is 6.04 Å². The summed E-state index contributed by atoms with van der Waals surface area (Å²) in [5.41, 5.74) is 0.394. The van der Waals surface area contributed by atoms with Crippen LogP contribution in [0.4, 0.5) is 5.69 Å². The summed E-state index contributed by atoms with van der Waals surface area (Å²) >= 11 is 17.2. The van der Waals surface area contributed by atoms with Gasteiger partial charge >= 0.3 is 0 Å². The van der Waals surface area contributed by atoms with Gasteiger partial charge < -0.3 is 15.1 Å². The number of alkyl halides is 3. The summed E-state index contributed by atoms with van der Waals surface area (Å²) < 4.78 is -1.81. The predicted octanol–water partition coefficient (Wildman–Crippen LogP) is 2.47. The third-order valence-electron chi connectivity index (χ3n) is 2.71. The van der Waals surface area contributed by atoms with Crippen LogP contribution >= 0.6 is 34.8 Å². The summed E-state index contributed by atoms with van der Waals surface area (Å²) in [6.45, 7) is 0. The number of fused-ring (bicyclic) bond motifs is 1. The van der Waals surface area contributed by atoms with Crippen LogP contribution in [0.2, 0.25) is 0 Å². The van der Waals surface area contributed by atoms with Crippen molar-refractivity contribution in [3.05, 3.63) is 17.7 Å². The van der Waals surface area contributed by atoms with Crippen LogP contribution in [0.3, 0.4) is 0 Å². The van der Waals surface area contributed by atoms with E-state index in [1.807, 2.05) is 0 Å². The Kier molecular flexibility index (Phi) is 2.84. The zero-order chi connectivity index (χ0) is 13.0. The number of anilines is 1. The second-order valence-corrected chi connectivity index (χ2v) is 6.12. The minimum absolute atomic E-state index is 0.0242. The molecule has 1 aliphatic rings. The van der Waals surface area contributed by atoms with E-state index in [0.717, 1.165) is 0 Å². The Morgan fingerprint density at radius 3 is 2.41 bits per heavy atom. The molecule has 0 bridgehead atoms. The summed E-state index contributed by atoms with van der Waals surface area (Å²) in [6, 6.07) is 1.74. The Bertz CT molecular complexity index is 498. The Balaban J connectivity index is 2.61. The smallest absolute Gasteiger partial charge is 0.217 e. The van der Waals surface area contributed by atoms with Gasteiger partial charge in [0.25, 0.3) is 0 Å². The van der Waals surface area contributed by atoms with E-state index < -0.39 is 21.4 Å². The van der Waals surface area contributed by atoms with Gasteiger partial charge in [-0.15, -0.1) is 0 Å².